The van der Waals surface area contributed by atoms with Crippen LogP contribution in [0.3, 0.4) is 0 Å². The molecule has 1 heterocycles. The summed E-state index contributed by atoms with van der Waals surface area (Å²) in [6, 6.07) is 11.9. The molecular formula is C27H32N2O3S. The lowest BCUT2D eigenvalue weighted by Gasteiger charge is -2.33. The fraction of sp³-hybridized carbons (Fsp3) is 0.407. The van der Waals surface area contributed by atoms with Crippen molar-refractivity contribution < 1.29 is 14.3 Å². The lowest BCUT2D eigenvalue weighted by atomic mass is 9.72. The van der Waals surface area contributed by atoms with E-state index in [0.29, 0.717) is 16.5 Å². The summed E-state index contributed by atoms with van der Waals surface area (Å²) in [5.74, 6) is 0.359. The number of methoxy groups -OCH3 is 1. The van der Waals surface area contributed by atoms with Crippen LogP contribution in [0.2, 0.25) is 0 Å². The quantitative estimate of drug-likeness (QED) is 0.493. The molecule has 0 saturated carbocycles. The Bertz CT molecular complexity index is 1220. The molecule has 6 heteroatoms. The summed E-state index contributed by atoms with van der Waals surface area (Å²) >= 11 is 1.51. The molecule has 1 aromatic heterocycles. The maximum absolute atomic E-state index is 13.2. The molecule has 0 radical (unpaired) electrons. The third-order valence-electron chi connectivity index (χ3n) is 6.94. The van der Waals surface area contributed by atoms with Crippen molar-refractivity contribution in [2.24, 2.45) is 17.1 Å². The predicted octanol–water partition coefficient (Wildman–Crippen LogP) is 5.90. The van der Waals surface area contributed by atoms with Crippen molar-refractivity contribution in [3.05, 3.63) is 58.0 Å². The number of hydrogen-bond donors (Lipinski definition) is 2. The molecule has 0 unspecified atom stereocenters. The summed E-state index contributed by atoms with van der Waals surface area (Å²) in [5.41, 5.74) is 8.39. The van der Waals surface area contributed by atoms with Gasteiger partial charge in [-0.15, -0.1) is 11.3 Å². The third kappa shape index (κ3) is 4.62. The number of carbonyl (C=O) groups excluding carboxylic acids is 2. The van der Waals surface area contributed by atoms with Gasteiger partial charge >= 0.3 is 0 Å². The lowest BCUT2D eigenvalue weighted by Crippen LogP contribution is -2.27. The van der Waals surface area contributed by atoms with Crippen molar-refractivity contribution >= 4 is 38.9 Å². The largest absolute Gasteiger partial charge is 0.497 e. The second kappa shape index (κ2) is 8.82. The molecule has 0 bridgehead atoms. The number of benzene rings is 2. The monoisotopic (exact) mass is 464 g/mol. The highest BCUT2D eigenvalue weighted by atomic mass is 32.1. The Hall–Kier alpha value is -2.86. The van der Waals surface area contributed by atoms with Crippen molar-refractivity contribution in [2.75, 3.05) is 12.4 Å². The van der Waals surface area contributed by atoms with E-state index in [1.54, 1.807) is 7.11 Å². The minimum absolute atomic E-state index is 0.142. The van der Waals surface area contributed by atoms with Crippen LogP contribution in [0.1, 0.15) is 66.4 Å². The minimum atomic E-state index is -0.468. The average Bonchev–Trinajstić information content (AvgIpc) is 3.14. The van der Waals surface area contributed by atoms with Crippen LogP contribution in [-0.2, 0) is 17.6 Å². The first kappa shape index (κ1) is 23.3. The summed E-state index contributed by atoms with van der Waals surface area (Å²) < 4.78 is 5.29. The summed E-state index contributed by atoms with van der Waals surface area (Å²) in [5, 5.41) is 5.72. The molecule has 1 aliphatic rings. The van der Waals surface area contributed by atoms with Gasteiger partial charge < -0.3 is 15.8 Å². The molecule has 1 aliphatic carbocycles. The van der Waals surface area contributed by atoms with Gasteiger partial charge in [0.2, 0.25) is 5.91 Å². The van der Waals surface area contributed by atoms with E-state index in [9.17, 15) is 9.59 Å². The number of anilines is 1. The Kier molecular flexibility index (Phi) is 6.23. The summed E-state index contributed by atoms with van der Waals surface area (Å²) in [4.78, 5) is 26.7. The number of thiophene rings is 1. The number of rotatable bonds is 5. The standard InChI is InChI=1S/C27H32N2O3S/c1-15(16-6-7-18-13-20(32-5)10-8-17(18)12-16)25(31)29-26-23(24(28)30)21-11-9-19(27(2,3)4)14-22(21)33-26/h6-8,10,12-13,15,19H,9,11,14H2,1-5H3,(H2,28,30)(H,29,31)/t15-,19-/m1/s1. The number of primary amides is 1. The molecule has 5 nitrogen and oxygen atoms in total. The molecule has 2 amide bonds. The molecule has 0 saturated heterocycles. The third-order valence-corrected chi connectivity index (χ3v) is 8.11. The SMILES string of the molecule is COc1ccc2cc([C@@H](C)C(=O)Nc3sc4c(c3C(N)=O)CC[C@@H](C(C)(C)C)C4)ccc2c1. The molecule has 2 atom stereocenters. The van der Waals surface area contributed by atoms with Gasteiger partial charge in [-0.3, -0.25) is 9.59 Å². The van der Waals surface area contributed by atoms with E-state index in [-0.39, 0.29) is 17.2 Å². The Balaban J connectivity index is 1.59. The van der Waals surface area contributed by atoms with Crippen molar-refractivity contribution in [1.29, 1.82) is 0 Å². The lowest BCUT2D eigenvalue weighted by molar-refractivity contribution is -0.117. The van der Waals surface area contributed by atoms with Crippen LogP contribution in [0, 0.1) is 11.3 Å². The average molecular weight is 465 g/mol. The van der Waals surface area contributed by atoms with E-state index in [0.717, 1.165) is 46.9 Å². The number of hydrogen-bond acceptors (Lipinski definition) is 4. The highest BCUT2D eigenvalue weighted by Gasteiger charge is 2.33. The molecular weight excluding hydrogens is 432 g/mol. The fourth-order valence-electron chi connectivity index (χ4n) is 4.68. The number of nitrogens with two attached hydrogens (primary N) is 1. The summed E-state index contributed by atoms with van der Waals surface area (Å²) in [6.07, 6.45) is 2.77. The van der Waals surface area contributed by atoms with E-state index in [1.807, 2.05) is 43.3 Å². The van der Waals surface area contributed by atoms with E-state index >= 15 is 0 Å². The van der Waals surface area contributed by atoms with Crippen LogP contribution in [-0.4, -0.2) is 18.9 Å². The van der Waals surface area contributed by atoms with Gasteiger partial charge in [-0.1, -0.05) is 45.0 Å². The molecule has 2 aromatic carbocycles. The molecule has 3 N–H and O–H groups in total. The predicted molar refractivity (Wildman–Crippen MR) is 135 cm³/mol. The van der Waals surface area contributed by atoms with Crippen LogP contribution in [0.4, 0.5) is 5.00 Å². The molecule has 33 heavy (non-hydrogen) atoms. The number of ether oxygens (including phenoxy) is 1. The zero-order valence-electron chi connectivity index (χ0n) is 20.0. The summed E-state index contributed by atoms with van der Waals surface area (Å²) in [7, 11) is 1.65. The van der Waals surface area contributed by atoms with Gasteiger partial charge in [-0.05, 0) is 71.6 Å². The second-order valence-electron chi connectivity index (χ2n) is 10.1. The Morgan fingerprint density at radius 3 is 2.52 bits per heavy atom. The number of amides is 2. The fourth-order valence-corrected chi connectivity index (χ4v) is 6.02. The number of fused-ring (bicyclic) bond motifs is 2. The van der Waals surface area contributed by atoms with Crippen LogP contribution in [0.15, 0.2) is 36.4 Å². The van der Waals surface area contributed by atoms with E-state index in [1.165, 1.54) is 16.2 Å². The smallest absolute Gasteiger partial charge is 0.251 e. The van der Waals surface area contributed by atoms with Gasteiger partial charge in [0.15, 0.2) is 0 Å². The maximum atomic E-state index is 13.2. The van der Waals surface area contributed by atoms with E-state index < -0.39 is 5.91 Å². The molecule has 3 aromatic rings. The van der Waals surface area contributed by atoms with Gasteiger partial charge in [-0.2, -0.15) is 0 Å². The van der Waals surface area contributed by atoms with Crippen molar-refractivity contribution in [1.82, 2.24) is 0 Å². The highest BCUT2D eigenvalue weighted by Crippen LogP contribution is 2.44. The van der Waals surface area contributed by atoms with Gasteiger partial charge in [0, 0.05) is 4.88 Å². The van der Waals surface area contributed by atoms with E-state index in [4.69, 9.17) is 10.5 Å². The van der Waals surface area contributed by atoms with Crippen molar-refractivity contribution in [2.45, 2.75) is 52.9 Å². The molecule has 4 rings (SSSR count). The number of nitrogens with one attached hydrogen (secondary N) is 1. The van der Waals surface area contributed by atoms with Gasteiger partial charge in [0.1, 0.15) is 10.8 Å². The van der Waals surface area contributed by atoms with E-state index in [2.05, 4.69) is 26.1 Å². The topological polar surface area (TPSA) is 81.4 Å². The molecule has 0 aliphatic heterocycles. The van der Waals surface area contributed by atoms with Gasteiger partial charge in [-0.25, -0.2) is 0 Å². The highest BCUT2D eigenvalue weighted by molar-refractivity contribution is 7.17. The summed E-state index contributed by atoms with van der Waals surface area (Å²) in [6.45, 7) is 8.66. The van der Waals surface area contributed by atoms with Gasteiger partial charge in [0.25, 0.3) is 5.91 Å². The zero-order chi connectivity index (χ0) is 23.9. The maximum Gasteiger partial charge on any atom is 0.251 e. The van der Waals surface area contributed by atoms with Crippen LogP contribution in [0.5, 0.6) is 5.75 Å². The zero-order valence-corrected chi connectivity index (χ0v) is 20.8. The minimum Gasteiger partial charge on any atom is -0.497 e. The normalized spacial score (nSPS) is 16.8. The van der Waals surface area contributed by atoms with Crippen molar-refractivity contribution in [3.8, 4) is 5.75 Å². The Morgan fingerprint density at radius 1 is 1.15 bits per heavy atom. The Labute approximate surface area is 199 Å². The second-order valence-corrected chi connectivity index (χ2v) is 11.2. The Morgan fingerprint density at radius 2 is 1.85 bits per heavy atom. The van der Waals surface area contributed by atoms with Crippen molar-refractivity contribution in [3.63, 3.8) is 0 Å². The first-order valence-electron chi connectivity index (χ1n) is 11.4. The first-order valence-corrected chi connectivity index (χ1v) is 12.2. The van der Waals surface area contributed by atoms with Crippen LogP contribution in [0.25, 0.3) is 10.8 Å². The number of carbonyl (C=O) groups is 2. The molecule has 0 fully saturated rings. The van der Waals surface area contributed by atoms with Gasteiger partial charge in [0.05, 0.1) is 18.6 Å². The first-order chi connectivity index (χ1) is 15.6. The molecule has 0 spiro atoms. The van der Waals surface area contributed by atoms with Crippen LogP contribution < -0.4 is 15.8 Å². The molecule has 174 valence electrons. The van der Waals surface area contributed by atoms with Crippen LogP contribution >= 0.6 is 11.3 Å².